The molecule has 1 aromatic carbocycles. The van der Waals surface area contributed by atoms with Gasteiger partial charge in [-0.05, 0) is 11.6 Å². The standard InChI is InChI=1S/C28H30N2O11/c1-15(31)37-14-23(38-16(2)32)26(40-18(4)34)27(41-19(5)35)25(39-17(3)33)22-12-21(13-29)24(28(36)30(22)6)20-10-8-7-9-11-20/h7-12,23,25-27H,14H2,1-6H3/t23-,25+,26-,27-/m1/s1. The lowest BCUT2D eigenvalue weighted by molar-refractivity contribution is -0.203. The van der Waals surface area contributed by atoms with Crippen molar-refractivity contribution in [2.24, 2.45) is 7.05 Å². The molecule has 0 aliphatic rings. The van der Waals surface area contributed by atoms with Gasteiger partial charge in [0.15, 0.2) is 24.4 Å². The predicted molar refractivity (Wildman–Crippen MR) is 140 cm³/mol. The topological polar surface area (TPSA) is 177 Å². The van der Waals surface area contributed by atoms with Crippen molar-refractivity contribution in [1.82, 2.24) is 4.57 Å². The molecule has 0 N–H and O–H groups in total. The number of ether oxygens (including phenoxy) is 5. The largest absolute Gasteiger partial charge is 0.462 e. The molecule has 2 aromatic rings. The summed E-state index contributed by atoms with van der Waals surface area (Å²) in [6.07, 6.45) is -6.68. The molecule has 0 radical (unpaired) electrons. The fraction of sp³-hybridized carbons (Fsp3) is 0.393. The fourth-order valence-electron chi connectivity index (χ4n) is 4.08. The minimum Gasteiger partial charge on any atom is -0.462 e. The molecule has 0 amide bonds. The number of nitrogens with zero attached hydrogens (tertiary/aromatic N) is 2. The average molecular weight is 571 g/mol. The van der Waals surface area contributed by atoms with Crippen LogP contribution in [0.5, 0.6) is 0 Å². The molecule has 41 heavy (non-hydrogen) atoms. The van der Waals surface area contributed by atoms with Crippen LogP contribution in [0.2, 0.25) is 0 Å². The van der Waals surface area contributed by atoms with E-state index in [0.29, 0.717) is 5.56 Å². The van der Waals surface area contributed by atoms with Gasteiger partial charge in [-0.15, -0.1) is 0 Å². The van der Waals surface area contributed by atoms with Crippen LogP contribution in [0, 0.1) is 11.3 Å². The molecule has 2 rings (SSSR count). The normalized spacial score (nSPS) is 13.4. The Labute approximate surface area is 235 Å². The summed E-state index contributed by atoms with van der Waals surface area (Å²) in [4.78, 5) is 73.7. The van der Waals surface area contributed by atoms with E-state index >= 15 is 0 Å². The number of pyridine rings is 1. The van der Waals surface area contributed by atoms with Crippen molar-refractivity contribution in [1.29, 1.82) is 5.26 Å². The van der Waals surface area contributed by atoms with E-state index in [0.717, 1.165) is 39.2 Å². The Kier molecular flexibility index (Phi) is 11.3. The van der Waals surface area contributed by atoms with Gasteiger partial charge in [0.2, 0.25) is 0 Å². The molecule has 0 spiro atoms. The second-order valence-electron chi connectivity index (χ2n) is 8.83. The van der Waals surface area contributed by atoms with Gasteiger partial charge in [0.05, 0.1) is 16.8 Å². The van der Waals surface area contributed by atoms with E-state index in [2.05, 4.69) is 0 Å². The fourth-order valence-corrected chi connectivity index (χ4v) is 4.08. The minimum absolute atomic E-state index is 0.0640. The Hall–Kier alpha value is -4.99. The van der Waals surface area contributed by atoms with E-state index in [-0.39, 0.29) is 16.8 Å². The van der Waals surface area contributed by atoms with Gasteiger partial charge < -0.3 is 28.3 Å². The van der Waals surface area contributed by atoms with E-state index < -0.39 is 66.4 Å². The van der Waals surface area contributed by atoms with Crippen molar-refractivity contribution in [3.63, 3.8) is 0 Å². The highest BCUT2D eigenvalue weighted by molar-refractivity contribution is 5.71. The first-order chi connectivity index (χ1) is 19.3. The van der Waals surface area contributed by atoms with E-state index in [1.54, 1.807) is 30.3 Å². The SMILES string of the molecule is CC(=O)OC[C@@H](OC(C)=O)[C@@H](OC(C)=O)[C@H](OC(C)=O)[C@@H](OC(C)=O)c1cc(C#N)c(-c2ccccc2)c(=O)n1C. The number of esters is 5. The first-order valence-electron chi connectivity index (χ1n) is 12.3. The third kappa shape index (κ3) is 8.76. The van der Waals surface area contributed by atoms with Crippen molar-refractivity contribution >= 4 is 29.8 Å². The monoisotopic (exact) mass is 570 g/mol. The number of carbonyl (C=O) groups excluding carboxylic acids is 5. The maximum atomic E-state index is 13.6. The molecule has 1 aromatic heterocycles. The lowest BCUT2D eigenvalue weighted by Gasteiger charge is -2.36. The van der Waals surface area contributed by atoms with Gasteiger partial charge >= 0.3 is 29.8 Å². The van der Waals surface area contributed by atoms with Crippen LogP contribution in [0.25, 0.3) is 11.1 Å². The average Bonchev–Trinajstić information content (AvgIpc) is 2.88. The highest BCUT2D eigenvalue weighted by Crippen LogP contribution is 2.32. The Morgan fingerprint density at radius 3 is 1.83 bits per heavy atom. The minimum atomic E-state index is -1.75. The molecule has 13 heteroatoms. The van der Waals surface area contributed by atoms with Gasteiger partial charge in [-0.2, -0.15) is 5.26 Å². The number of nitriles is 1. The Bertz CT molecular complexity index is 1410. The molecule has 13 nitrogen and oxygen atoms in total. The van der Waals surface area contributed by atoms with E-state index in [4.69, 9.17) is 23.7 Å². The summed E-state index contributed by atoms with van der Waals surface area (Å²) < 4.78 is 27.7. The second-order valence-corrected chi connectivity index (χ2v) is 8.83. The van der Waals surface area contributed by atoms with Gasteiger partial charge in [0.1, 0.15) is 12.7 Å². The summed E-state index contributed by atoms with van der Waals surface area (Å²) in [5, 5.41) is 9.94. The lowest BCUT2D eigenvalue weighted by Crippen LogP contribution is -2.51. The van der Waals surface area contributed by atoms with Crippen LogP contribution in [-0.4, -0.2) is 59.3 Å². The number of hydrogen-bond donors (Lipinski definition) is 0. The van der Waals surface area contributed by atoms with Crippen LogP contribution in [0.15, 0.2) is 41.2 Å². The van der Waals surface area contributed by atoms with Gasteiger partial charge in [-0.3, -0.25) is 28.8 Å². The number of benzene rings is 1. The van der Waals surface area contributed by atoms with Crippen LogP contribution in [0.4, 0.5) is 0 Å². The van der Waals surface area contributed by atoms with Crippen molar-refractivity contribution in [3.8, 4) is 17.2 Å². The lowest BCUT2D eigenvalue weighted by atomic mass is 9.95. The molecule has 1 heterocycles. The van der Waals surface area contributed by atoms with Crippen LogP contribution >= 0.6 is 0 Å². The first-order valence-corrected chi connectivity index (χ1v) is 12.3. The van der Waals surface area contributed by atoms with Crippen LogP contribution in [0.3, 0.4) is 0 Å². The summed E-state index contributed by atoms with van der Waals surface area (Å²) in [5.41, 5.74) is -0.336. The highest BCUT2D eigenvalue weighted by atomic mass is 16.6. The molecule has 0 fully saturated rings. The van der Waals surface area contributed by atoms with Crippen molar-refractivity contribution in [3.05, 3.63) is 58.0 Å². The molecule has 0 aliphatic carbocycles. The molecular formula is C28H30N2O11. The van der Waals surface area contributed by atoms with E-state index in [1.807, 2.05) is 6.07 Å². The Morgan fingerprint density at radius 1 is 0.805 bits per heavy atom. The summed E-state index contributed by atoms with van der Waals surface area (Å²) in [6.45, 7) is 4.59. The number of carbonyl (C=O) groups is 5. The van der Waals surface area contributed by atoms with Crippen LogP contribution in [0.1, 0.15) is 52.0 Å². The molecule has 0 aliphatic heterocycles. The highest BCUT2D eigenvalue weighted by Gasteiger charge is 2.45. The first kappa shape index (κ1) is 32.2. The van der Waals surface area contributed by atoms with E-state index in [1.165, 1.54) is 13.1 Å². The number of hydrogen-bond acceptors (Lipinski definition) is 12. The maximum Gasteiger partial charge on any atom is 0.303 e. The summed E-state index contributed by atoms with van der Waals surface area (Å²) in [6, 6.07) is 11.6. The molecule has 4 atom stereocenters. The molecule has 0 bridgehead atoms. The van der Waals surface area contributed by atoms with Gasteiger partial charge in [-0.25, -0.2) is 0 Å². The van der Waals surface area contributed by atoms with Gasteiger partial charge in [0.25, 0.3) is 5.56 Å². The summed E-state index contributed by atoms with van der Waals surface area (Å²) in [7, 11) is 1.34. The zero-order valence-electron chi connectivity index (χ0n) is 23.4. The second kappa shape index (κ2) is 14.4. The van der Waals surface area contributed by atoms with Crippen LogP contribution < -0.4 is 5.56 Å². The molecule has 0 saturated heterocycles. The Morgan fingerprint density at radius 2 is 1.34 bits per heavy atom. The van der Waals surface area contributed by atoms with Crippen LogP contribution in [-0.2, 0) is 54.7 Å². The van der Waals surface area contributed by atoms with Gasteiger partial charge in [0, 0.05) is 41.7 Å². The number of aromatic nitrogens is 1. The molecular weight excluding hydrogens is 540 g/mol. The quantitative estimate of drug-likeness (QED) is 0.283. The third-order valence-electron chi connectivity index (χ3n) is 5.60. The van der Waals surface area contributed by atoms with E-state index in [9.17, 15) is 34.0 Å². The van der Waals surface area contributed by atoms with Crippen molar-refractivity contribution in [2.45, 2.75) is 59.0 Å². The summed E-state index contributed by atoms with van der Waals surface area (Å²) >= 11 is 0. The number of rotatable bonds is 11. The zero-order valence-corrected chi connectivity index (χ0v) is 23.4. The zero-order chi connectivity index (χ0) is 30.9. The Balaban J connectivity index is 2.87. The van der Waals surface area contributed by atoms with Crippen molar-refractivity contribution < 1.29 is 47.7 Å². The molecule has 218 valence electrons. The summed E-state index contributed by atoms with van der Waals surface area (Å²) in [5.74, 6) is -4.36. The predicted octanol–water partition coefficient (Wildman–Crippen LogP) is 1.89. The third-order valence-corrected chi connectivity index (χ3v) is 5.60. The molecule has 0 saturated carbocycles. The van der Waals surface area contributed by atoms with Gasteiger partial charge in [-0.1, -0.05) is 30.3 Å². The smallest absolute Gasteiger partial charge is 0.303 e. The van der Waals surface area contributed by atoms with Crippen molar-refractivity contribution in [2.75, 3.05) is 6.61 Å². The maximum absolute atomic E-state index is 13.6. The molecule has 0 unspecified atom stereocenters.